The summed E-state index contributed by atoms with van der Waals surface area (Å²) in [5.74, 6) is -0.0831. The number of hydrogen-bond acceptors (Lipinski definition) is 4. The molecular weight excluding hydrogens is 306 g/mol. The fraction of sp³-hybridized carbons (Fsp3) is 0.471. The number of amides is 1. The van der Waals surface area contributed by atoms with Gasteiger partial charge >= 0.3 is 0 Å². The number of rotatable bonds is 4. The number of hydrogen-bond donors (Lipinski definition) is 2. The van der Waals surface area contributed by atoms with Gasteiger partial charge in [0.1, 0.15) is 0 Å². The van der Waals surface area contributed by atoms with Gasteiger partial charge < -0.3 is 15.2 Å². The summed E-state index contributed by atoms with van der Waals surface area (Å²) in [5, 5.41) is 10.5. The van der Waals surface area contributed by atoms with Gasteiger partial charge in [-0.2, -0.15) is 5.10 Å². The molecule has 2 N–H and O–H groups in total. The molecule has 3 rings (SSSR count). The van der Waals surface area contributed by atoms with Crippen molar-refractivity contribution < 1.29 is 4.79 Å². The minimum Gasteiger partial charge on any atom is -0.324 e. The van der Waals surface area contributed by atoms with Gasteiger partial charge in [-0.05, 0) is 25.5 Å². The fourth-order valence-corrected chi connectivity index (χ4v) is 3.25. The van der Waals surface area contributed by atoms with Gasteiger partial charge in [-0.1, -0.05) is 0 Å². The van der Waals surface area contributed by atoms with Crippen molar-refractivity contribution in [3.8, 4) is 0 Å². The highest BCUT2D eigenvalue weighted by Crippen LogP contribution is 2.30. The molecule has 1 aliphatic rings. The molecule has 7 heteroatoms. The van der Waals surface area contributed by atoms with Crippen molar-refractivity contribution in [2.75, 3.05) is 18.4 Å². The first-order chi connectivity index (χ1) is 11.5. The number of carbonyl (C=O) groups is 1. The van der Waals surface area contributed by atoms with E-state index >= 15 is 0 Å². The predicted octanol–water partition coefficient (Wildman–Crippen LogP) is 0.852. The summed E-state index contributed by atoms with van der Waals surface area (Å²) in [6.45, 7) is 5.89. The summed E-state index contributed by atoms with van der Waals surface area (Å²) in [7, 11) is 1.91. The zero-order valence-electron chi connectivity index (χ0n) is 14.2. The maximum absolute atomic E-state index is 12.7. The van der Waals surface area contributed by atoms with E-state index in [2.05, 4.69) is 15.7 Å². The van der Waals surface area contributed by atoms with E-state index in [0.717, 1.165) is 17.8 Å². The summed E-state index contributed by atoms with van der Waals surface area (Å²) < 4.78 is 3.41. The summed E-state index contributed by atoms with van der Waals surface area (Å²) in [6.07, 6.45) is 3.54. The molecule has 0 radical (unpaired) electrons. The minimum atomic E-state index is -0.157. The largest absolute Gasteiger partial charge is 0.324 e. The minimum absolute atomic E-state index is 0.0328. The number of anilines is 1. The van der Waals surface area contributed by atoms with Gasteiger partial charge in [-0.15, -0.1) is 0 Å². The fourth-order valence-electron chi connectivity index (χ4n) is 3.25. The van der Waals surface area contributed by atoms with Crippen molar-refractivity contribution >= 4 is 11.6 Å². The lowest BCUT2D eigenvalue weighted by Crippen LogP contribution is -2.29. The first-order valence-corrected chi connectivity index (χ1v) is 8.21. The molecule has 0 aromatic carbocycles. The number of aryl methyl sites for hydroxylation is 2. The van der Waals surface area contributed by atoms with Crippen molar-refractivity contribution in [1.82, 2.24) is 19.7 Å². The Morgan fingerprint density at radius 2 is 2.21 bits per heavy atom. The van der Waals surface area contributed by atoms with Gasteiger partial charge in [0, 0.05) is 50.6 Å². The molecule has 1 amide bonds. The van der Waals surface area contributed by atoms with E-state index in [0.29, 0.717) is 18.8 Å². The number of aromatic nitrogens is 3. The summed E-state index contributed by atoms with van der Waals surface area (Å²) >= 11 is 0. The average molecular weight is 329 g/mol. The number of nitrogens with one attached hydrogen (secondary N) is 2. The van der Waals surface area contributed by atoms with Crippen molar-refractivity contribution in [3.63, 3.8) is 0 Å². The van der Waals surface area contributed by atoms with Crippen LogP contribution < -0.4 is 16.2 Å². The average Bonchev–Trinajstić information content (AvgIpc) is 3.17. The van der Waals surface area contributed by atoms with E-state index < -0.39 is 0 Å². The Bertz CT molecular complexity index is 808. The number of nitrogens with zero attached hydrogens (tertiary/aromatic N) is 3. The third-order valence-corrected chi connectivity index (χ3v) is 4.82. The quantitative estimate of drug-likeness (QED) is 0.871. The highest BCUT2D eigenvalue weighted by atomic mass is 16.2. The predicted molar refractivity (Wildman–Crippen MR) is 92.1 cm³/mol. The third-order valence-electron chi connectivity index (χ3n) is 4.82. The molecule has 24 heavy (non-hydrogen) atoms. The normalized spacial score (nSPS) is 20.3. The molecule has 2 aromatic heterocycles. The van der Waals surface area contributed by atoms with Crippen LogP contribution in [0.3, 0.4) is 0 Å². The van der Waals surface area contributed by atoms with E-state index in [4.69, 9.17) is 0 Å². The van der Waals surface area contributed by atoms with E-state index in [9.17, 15) is 9.59 Å². The van der Waals surface area contributed by atoms with Crippen LogP contribution in [0.5, 0.6) is 0 Å². The van der Waals surface area contributed by atoms with Crippen LogP contribution in [-0.4, -0.2) is 33.3 Å². The molecule has 1 fully saturated rings. The highest BCUT2D eigenvalue weighted by Gasteiger charge is 2.35. The lowest BCUT2D eigenvalue weighted by molar-refractivity contribution is -0.119. The van der Waals surface area contributed by atoms with Gasteiger partial charge in [0.05, 0.1) is 17.8 Å². The molecule has 7 nitrogen and oxygen atoms in total. The second-order valence-electron chi connectivity index (χ2n) is 6.21. The van der Waals surface area contributed by atoms with Crippen LogP contribution in [0.15, 0.2) is 29.3 Å². The van der Waals surface area contributed by atoms with Gasteiger partial charge in [-0.3, -0.25) is 14.3 Å². The zero-order chi connectivity index (χ0) is 17.3. The molecule has 0 aliphatic carbocycles. The standard InChI is InChI=1S/C17H23N5O2/c1-4-22-10-12(5-6-16(22)23)20-17(24)15-8-18-7-14(15)13-9-19-21(3)11(13)2/h5-6,9-10,14-15,18H,4,7-8H2,1-3H3,(H,20,24)/t14-,15+/m1/s1. The highest BCUT2D eigenvalue weighted by molar-refractivity contribution is 5.93. The molecule has 3 heterocycles. The Morgan fingerprint density at radius 3 is 2.88 bits per heavy atom. The van der Waals surface area contributed by atoms with Crippen LogP contribution in [0, 0.1) is 12.8 Å². The lowest BCUT2D eigenvalue weighted by atomic mass is 9.88. The van der Waals surface area contributed by atoms with E-state index in [1.54, 1.807) is 16.8 Å². The van der Waals surface area contributed by atoms with Gasteiger partial charge in [0.15, 0.2) is 0 Å². The maximum Gasteiger partial charge on any atom is 0.250 e. The Hall–Kier alpha value is -2.41. The Balaban J connectivity index is 1.79. The van der Waals surface area contributed by atoms with Crippen molar-refractivity contribution in [2.24, 2.45) is 13.0 Å². The van der Waals surface area contributed by atoms with E-state index in [1.807, 2.05) is 31.8 Å². The molecule has 2 atom stereocenters. The van der Waals surface area contributed by atoms with Gasteiger partial charge in [-0.25, -0.2) is 0 Å². The third kappa shape index (κ3) is 2.99. The molecule has 0 spiro atoms. The van der Waals surface area contributed by atoms with Crippen LogP contribution in [0.25, 0.3) is 0 Å². The molecular formula is C17H23N5O2. The SMILES string of the molecule is CCn1cc(NC(=O)[C@H]2CNC[C@@H]2c2cnn(C)c2C)ccc1=O. The van der Waals surface area contributed by atoms with Crippen LogP contribution in [-0.2, 0) is 18.4 Å². The molecule has 2 aromatic rings. The molecule has 0 bridgehead atoms. The van der Waals surface area contributed by atoms with Gasteiger partial charge in [0.25, 0.3) is 5.56 Å². The second-order valence-corrected chi connectivity index (χ2v) is 6.21. The molecule has 128 valence electrons. The van der Waals surface area contributed by atoms with E-state index in [1.165, 1.54) is 6.07 Å². The Labute approximate surface area is 140 Å². The lowest BCUT2D eigenvalue weighted by Gasteiger charge is -2.18. The number of pyridine rings is 1. The number of carbonyl (C=O) groups excluding carboxylic acids is 1. The second kappa shape index (κ2) is 6.60. The maximum atomic E-state index is 12.7. The smallest absolute Gasteiger partial charge is 0.250 e. The summed E-state index contributed by atoms with van der Waals surface area (Å²) in [4.78, 5) is 24.4. The van der Waals surface area contributed by atoms with E-state index in [-0.39, 0.29) is 23.3 Å². The van der Waals surface area contributed by atoms with Crippen LogP contribution in [0.4, 0.5) is 5.69 Å². The van der Waals surface area contributed by atoms with Crippen molar-refractivity contribution in [3.05, 3.63) is 46.1 Å². The molecule has 1 saturated heterocycles. The first kappa shape index (κ1) is 16.4. The van der Waals surface area contributed by atoms with Gasteiger partial charge in [0.2, 0.25) is 5.91 Å². The monoisotopic (exact) mass is 329 g/mol. The Morgan fingerprint density at radius 1 is 1.42 bits per heavy atom. The first-order valence-electron chi connectivity index (χ1n) is 8.21. The van der Waals surface area contributed by atoms with Crippen molar-refractivity contribution in [1.29, 1.82) is 0 Å². The molecule has 0 unspecified atom stereocenters. The molecule has 0 saturated carbocycles. The zero-order valence-corrected chi connectivity index (χ0v) is 14.2. The topological polar surface area (TPSA) is 81.0 Å². The summed E-state index contributed by atoms with van der Waals surface area (Å²) in [5.41, 5.74) is 2.78. The summed E-state index contributed by atoms with van der Waals surface area (Å²) in [6, 6.07) is 3.13. The van der Waals surface area contributed by atoms with Crippen LogP contribution in [0.1, 0.15) is 24.1 Å². The van der Waals surface area contributed by atoms with Crippen molar-refractivity contribution in [2.45, 2.75) is 26.3 Å². The van der Waals surface area contributed by atoms with Crippen LogP contribution in [0.2, 0.25) is 0 Å². The Kier molecular flexibility index (Phi) is 4.53. The van der Waals surface area contributed by atoms with Crippen LogP contribution >= 0.6 is 0 Å². The molecule has 1 aliphatic heterocycles.